The summed E-state index contributed by atoms with van der Waals surface area (Å²) in [5.74, 6) is 0.107. The number of pyridine rings is 1. The van der Waals surface area contributed by atoms with Gasteiger partial charge in [0, 0.05) is 18.7 Å². The fraction of sp³-hybridized carbons (Fsp3) is 0.625. The standard InChI is InChI=1S/C16H22N2O2/c17-13-5-4-9-18-14(13)15(19)12-6-10-20-16(11-12)7-2-1-3-8-16/h4-5,9,12H,1-3,6-8,10-11,17H2. The van der Waals surface area contributed by atoms with Crippen LogP contribution in [0.1, 0.15) is 55.4 Å². The van der Waals surface area contributed by atoms with E-state index in [-0.39, 0.29) is 17.3 Å². The highest BCUT2D eigenvalue weighted by Crippen LogP contribution is 2.41. The van der Waals surface area contributed by atoms with Crippen LogP contribution in [-0.2, 0) is 4.74 Å². The van der Waals surface area contributed by atoms with E-state index in [4.69, 9.17) is 10.5 Å². The number of hydrogen-bond acceptors (Lipinski definition) is 4. The van der Waals surface area contributed by atoms with Crippen molar-refractivity contribution in [3.8, 4) is 0 Å². The van der Waals surface area contributed by atoms with Crippen molar-refractivity contribution in [1.29, 1.82) is 0 Å². The minimum absolute atomic E-state index is 0.0130. The number of carbonyl (C=O) groups is 1. The summed E-state index contributed by atoms with van der Waals surface area (Å²) in [5, 5.41) is 0. The normalized spacial score (nSPS) is 25.5. The molecule has 1 aromatic heterocycles. The van der Waals surface area contributed by atoms with Crippen LogP contribution in [-0.4, -0.2) is 23.0 Å². The van der Waals surface area contributed by atoms with E-state index in [2.05, 4.69) is 4.98 Å². The summed E-state index contributed by atoms with van der Waals surface area (Å²) in [7, 11) is 0. The Morgan fingerprint density at radius 1 is 1.35 bits per heavy atom. The monoisotopic (exact) mass is 274 g/mol. The predicted molar refractivity (Wildman–Crippen MR) is 77.5 cm³/mol. The third kappa shape index (κ3) is 2.57. The van der Waals surface area contributed by atoms with Crippen LogP contribution < -0.4 is 5.73 Å². The van der Waals surface area contributed by atoms with Gasteiger partial charge in [-0.2, -0.15) is 0 Å². The Morgan fingerprint density at radius 3 is 2.90 bits per heavy atom. The van der Waals surface area contributed by atoms with E-state index in [0.717, 1.165) is 25.7 Å². The number of nitrogen functional groups attached to an aromatic ring is 1. The molecule has 1 saturated heterocycles. The maximum absolute atomic E-state index is 12.6. The van der Waals surface area contributed by atoms with Gasteiger partial charge in [-0.1, -0.05) is 19.3 Å². The van der Waals surface area contributed by atoms with E-state index in [1.165, 1.54) is 19.3 Å². The van der Waals surface area contributed by atoms with Crippen molar-refractivity contribution in [2.24, 2.45) is 5.92 Å². The molecule has 0 aromatic carbocycles. The van der Waals surface area contributed by atoms with Crippen molar-refractivity contribution in [1.82, 2.24) is 4.98 Å². The first-order chi connectivity index (χ1) is 9.70. The molecule has 3 rings (SSSR count). The van der Waals surface area contributed by atoms with E-state index in [1.54, 1.807) is 18.3 Å². The number of hydrogen-bond donors (Lipinski definition) is 1. The second-order valence-corrected chi connectivity index (χ2v) is 6.09. The molecule has 1 unspecified atom stereocenters. The number of Topliss-reactive ketones (excluding diaryl/α,β-unsaturated/α-hetero) is 1. The van der Waals surface area contributed by atoms with Crippen LogP contribution in [0.25, 0.3) is 0 Å². The van der Waals surface area contributed by atoms with Crippen molar-refractivity contribution in [3.63, 3.8) is 0 Å². The first kappa shape index (κ1) is 13.6. The van der Waals surface area contributed by atoms with Crippen molar-refractivity contribution in [3.05, 3.63) is 24.0 Å². The Morgan fingerprint density at radius 2 is 2.15 bits per heavy atom. The summed E-state index contributed by atoms with van der Waals surface area (Å²) in [6.45, 7) is 0.684. The van der Waals surface area contributed by atoms with Crippen LogP contribution in [0.5, 0.6) is 0 Å². The average molecular weight is 274 g/mol. The molecule has 108 valence electrons. The molecule has 20 heavy (non-hydrogen) atoms. The molecule has 0 radical (unpaired) electrons. The average Bonchev–Trinajstić information content (AvgIpc) is 2.48. The van der Waals surface area contributed by atoms with Crippen LogP contribution in [0.4, 0.5) is 5.69 Å². The molecule has 2 fully saturated rings. The third-order valence-electron chi connectivity index (χ3n) is 4.70. The number of anilines is 1. The summed E-state index contributed by atoms with van der Waals surface area (Å²) >= 11 is 0. The summed E-state index contributed by atoms with van der Waals surface area (Å²) < 4.78 is 6.05. The van der Waals surface area contributed by atoms with E-state index in [1.807, 2.05) is 0 Å². The number of ether oxygens (including phenoxy) is 1. The molecule has 2 heterocycles. The lowest BCUT2D eigenvalue weighted by Crippen LogP contribution is -2.43. The first-order valence-corrected chi connectivity index (χ1v) is 7.59. The molecular weight excluding hydrogens is 252 g/mol. The summed E-state index contributed by atoms with van der Waals surface area (Å²) in [4.78, 5) is 16.8. The number of nitrogens with zero attached hydrogens (tertiary/aromatic N) is 1. The highest BCUT2D eigenvalue weighted by molar-refractivity contribution is 6.00. The van der Waals surface area contributed by atoms with Gasteiger partial charge in [-0.25, -0.2) is 0 Å². The minimum atomic E-state index is -0.0552. The van der Waals surface area contributed by atoms with Gasteiger partial charge in [0.25, 0.3) is 0 Å². The molecule has 4 nitrogen and oxygen atoms in total. The zero-order chi connectivity index (χ0) is 14.0. The number of carbonyl (C=O) groups excluding carboxylic acids is 1. The minimum Gasteiger partial charge on any atom is -0.397 e. The van der Waals surface area contributed by atoms with Gasteiger partial charge < -0.3 is 10.5 Å². The van der Waals surface area contributed by atoms with E-state index in [9.17, 15) is 4.79 Å². The zero-order valence-electron chi connectivity index (χ0n) is 11.8. The summed E-state index contributed by atoms with van der Waals surface area (Å²) in [6.07, 6.45) is 9.16. The van der Waals surface area contributed by atoms with Gasteiger partial charge >= 0.3 is 0 Å². The largest absolute Gasteiger partial charge is 0.397 e. The molecule has 2 aliphatic rings. The van der Waals surface area contributed by atoms with Crippen LogP contribution in [0.2, 0.25) is 0 Å². The molecule has 2 N–H and O–H groups in total. The van der Waals surface area contributed by atoms with Gasteiger partial charge in [-0.15, -0.1) is 0 Å². The molecule has 1 aliphatic carbocycles. The molecule has 0 amide bonds. The van der Waals surface area contributed by atoms with Crippen molar-refractivity contribution < 1.29 is 9.53 Å². The number of rotatable bonds is 2. The van der Waals surface area contributed by atoms with Crippen molar-refractivity contribution in [2.75, 3.05) is 12.3 Å². The molecule has 4 heteroatoms. The number of nitrogens with two attached hydrogens (primary N) is 1. The lowest BCUT2D eigenvalue weighted by molar-refractivity contribution is -0.111. The van der Waals surface area contributed by atoms with Gasteiger partial charge in [-0.3, -0.25) is 9.78 Å². The smallest absolute Gasteiger partial charge is 0.186 e. The topological polar surface area (TPSA) is 65.2 Å². The lowest BCUT2D eigenvalue weighted by atomic mass is 9.74. The Kier molecular flexibility index (Phi) is 3.74. The zero-order valence-corrected chi connectivity index (χ0v) is 11.8. The van der Waals surface area contributed by atoms with Crippen LogP contribution in [0, 0.1) is 5.92 Å². The predicted octanol–water partition coefficient (Wildman–Crippen LogP) is 2.98. The molecule has 1 aliphatic heterocycles. The molecule has 1 spiro atoms. The Bertz CT molecular complexity index is 489. The van der Waals surface area contributed by atoms with Gasteiger partial charge in [-0.05, 0) is 37.8 Å². The molecule has 1 atom stereocenters. The van der Waals surface area contributed by atoms with Gasteiger partial charge in [0.1, 0.15) is 5.69 Å². The van der Waals surface area contributed by atoms with Crippen molar-refractivity contribution in [2.45, 2.75) is 50.5 Å². The van der Waals surface area contributed by atoms with Gasteiger partial charge in [0.05, 0.1) is 11.3 Å². The highest BCUT2D eigenvalue weighted by atomic mass is 16.5. The quantitative estimate of drug-likeness (QED) is 0.842. The highest BCUT2D eigenvalue weighted by Gasteiger charge is 2.41. The molecule has 1 aromatic rings. The Labute approximate surface area is 119 Å². The maximum Gasteiger partial charge on any atom is 0.186 e. The van der Waals surface area contributed by atoms with Crippen LogP contribution in [0.3, 0.4) is 0 Å². The Hall–Kier alpha value is -1.42. The fourth-order valence-corrected chi connectivity index (χ4v) is 3.61. The molecule has 1 saturated carbocycles. The van der Waals surface area contributed by atoms with Gasteiger partial charge in [0.2, 0.25) is 0 Å². The third-order valence-corrected chi connectivity index (χ3v) is 4.70. The van der Waals surface area contributed by atoms with E-state index < -0.39 is 0 Å². The second kappa shape index (κ2) is 5.52. The number of ketones is 1. The Balaban J connectivity index is 1.77. The van der Waals surface area contributed by atoms with Crippen LogP contribution in [0.15, 0.2) is 18.3 Å². The maximum atomic E-state index is 12.6. The van der Waals surface area contributed by atoms with Crippen LogP contribution >= 0.6 is 0 Å². The second-order valence-electron chi connectivity index (χ2n) is 6.09. The van der Waals surface area contributed by atoms with E-state index >= 15 is 0 Å². The summed E-state index contributed by atoms with van der Waals surface area (Å²) in [5.41, 5.74) is 6.75. The van der Waals surface area contributed by atoms with E-state index in [0.29, 0.717) is 18.0 Å². The number of aromatic nitrogens is 1. The van der Waals surface area contributed by atoms with Gasteiger partial charge in [0.15, 0.2) is 5.78 Å². The molecular formula is C16H22N2O2. The van der Waals surface area contributed by atoms with Crippen molar-refractivity contribution >= 4 is 11.5 Å². The summed E-state index contributed by atoms with van der Waals surface area (Å²) in [6, 6.07) is 3.51. The first-order valence-electron chi connectivity index (χ1n) is 7.59. The fourth-order valence-electron chi connectivity index (χ4n) is 3.61. The SMILES string of the molecule is Nc1cccnc1C(=O)C1CCOC2(CCCCC2)C1. The molecule has 0 bridgehead atoms. The lowest BCUT2D eigenvalue weighted by Gasteiger charge is -2.43.